The SMILES string of the molecule is Cc1cc(C2CCCN2S(=O)(=O)c2ccc(C)c(C(N)=O)c2)on1. The molecule has 0 aliphatic carbocycles. The number of aryl methyl sites for hydroxylation is 2. The molecule has 2 heterocycles. The minimum atomic E-state index is -3.76. The number of nitrogens with two attached hydrogens (primary N) is 1. The van der Waals surface area contributed by atoms with Crippen LogP contribution >= 0.6 is 0 Å². The fraction of sp³-hybridized carbons (Fsp3) is 0.375. The molecule has 1 unspecified atom stereocenters. The number of nitrogens with zero attached hydrogens (tertiary/aromatic N) is 2. The van der Waals surface area contributed by atoms with Crippen LogP contribution in [0.2, 0.25) is 0 Å². The van der Waals surface area contributed by atoms with Gasteiger partial charge in [0.15, 0.2) is 5.76 Å². The average Bonchev–Trinajstić information content (AvgIpc) is 3.15. The third-order valence-corrected chi connectivity index (χ3v) is 6.16. The van der Waals surface area contributed by atoms with Gasteiger partial charge in [-0.05, 0) is 44.4 Å². The fourth-order valence-corrected chi connectivity index (χ4v) is 4.71. The van der Waals surface area contributed by atoms with E-state index < -0.39 is 15.9 Å². The van der Waals surface area contributed by atoms with Crippen molar-refractivity contribution in [1.29, 1.82) is 0 Å². The van der Waals surface area contributed by atoms with Crippen LogP contribution in [0.3, 0.4) is 0 Å². The van der Waals surface area contributed by atoms with Gasteiger partial charge in [-0.25, -0.2) is 8.42 Å². The molecular formula is C16H19N3O4S. The summed E-state index contributed by atoms with van der Waals surface area (Å²) < 4.78 is 32.7. The van der Waals surface area contributed by atoms with Crippen LogP contribution in [0.25, 0.3) is 0 Å². The number of carbonyl (C=O) groups excluding carboxylic acids is 1. The minimum Gasteiger partial charge on any atom is -0.366 e. The average molecular weight is 349 g/mol. The zero-order valence-electron chi connectivity index (χ0n) is 13.5. The number of carbonyl (C=O) groups is 1. The van der Waals surface area contributed by atoms with Crippen LogP contribution in [-0.2, 0) is 10.0 Å². The molecule has 0 saturated carbocycles. The van der Waals surface area contributed by atoms with Gasteiger partial charge in [0.2, 0.25) is 15.9 Å². The summed E-state index contributed by atoms with van der Waals surface area (Å²) >= 11 is 0. The number of hydrogen-bond acceptors (Lipinski definition) is 5. The van der Waals surface area contributed by atoms with Crippen LogP contribution in [0.15, 0.2) is 33.7 Å². The Balaban J connectivity index is 2.01. The lowest BCUT2D eigenvalue weighted by Crippen LogP contribution is -2.30. The number of aromatic nitrogens is 1. The molecule has 24 heavy (non-hydrogen) atoms. The Morgan fingerprint density at radius 3 is 2.71 bits per heavy atom. The molecule has 8 heteroatoms. The van der Waals surface area contributed by atoms with E-state index in [-0.39, 0.29) is 16.5 Å². The fourth-order valence-electron chi connectivity index (χ4n) is 3.01. The van der Waals surface area contributed by atoms with E-state index in [9.17, 15) is 13.2 Å². The summed E-state index contributed by atoms with van der Waals surface area (Å²) in [4.78, 5) is 11.6. The van der Waals surface area contributed by atoms with Crippen LogP contribution in [0.1, 0.15) is 46.3 Å². The predicted octanol–water partition coefficient (Wildman–Crippen LogP) is 1.92. The maximum absolute atomic E-state index is 13.0. The van der Waals surface area contributed by atoms with Gasteiger partial charge in [-0.2, -0.15) is 4.31 Å². The molecule has 1 aliphatic heterocycles. The van der Waals surface area contributed by atoms with Crippen molar-refractivity contribution in [3.05, 3.63) is 46.8 Å². The van der Waals surface area contributed by atoms with E-state index >= 15 is 0 Å². The summed E-state index contributed by atoms with van der Waals surface area (Å²) in [6, 6.07) is 5.81. The van der Waals surface area contributed by atoms with Crippen LogP contribution < -0.4 is 5.73 Å². The first-order chi connectivity index (χ1) is 11.3. The van der Waals surface area contributed by atoms with Crippen LogP contribution in [0.5, 0.6) is 0 Å². The van der Waals surface area contributed by atoms with E-state index in [0.717, 1.165) is 6.42 Å². The second-order valence-corrected chi connectivity index (χ2v) is 7.88. The molecule has 1 aromatic heterocycles. The third-order valence-electron chi connectivity index (χ3n) is 4.26. The Hall–Kier alpha value is -2.19. The molecule has 1 saturated heterocycles. The number of hydrogen-bond donors (Lipinski definition) is 1. The molecule has 0 spiro atoms. The van der Waals surface area contributed by atoms with Gasteiger partial charge >= 0.3 is 0 Å². The van der Waals surface area contributed by atoms with Gasteiger partial charge in [-0.3, -0.25) is 4.79 Å². The van der Waals surface area contributed by atoms with Crippen molar-refractivity contribution >= 4 is 15.9 Å². The first-order valence-corrected chi connectivity index (χ1v) is 9.10. The van der Waals surface area contributed by atoms with Gasteiger partial charge in [0.05, 0.1) is 16.6 Å². The molecule has 3 rings (SSSR count). The van der Waals surface area contributed by atoms with Crippen LogP contribution in [-0.4, -0.2) is 30.3 Å². The molecule has 1 amide bonds. The lowest BCUT2D eigenvalue weighted by atomic mass is 10.1. The molecule has 2 aromatic rings. The number of rotatable bonds is 4. The number of benzene rings is 1. The number of primary amides is 1. The van der Waals surface area contributed by atoms with Crippen molar-refractivity contribution in [1.82, 2.24) is 9.46 Å². The highest BCUT2D eigenvalue weighted by Crippen LogP contribution is 2.37. The standard InChI is InChI=1S/C16H19N3O4S/c1-10-5-6-12(9-13(10)16(17)20)24(21,22)19-7-3-4-14(19)15-8-11(2)18-23-15/h5-6,8-9,14H,3-4,7H2,1-2H3,(H2,17,20). The Morgan fingerprint density at radius 2 is 2.08 bits per heavy atom. The van der Waals surface area contributed by atoms with E-state index in [2.05, 4.69) is 5.16 Å². The Morgan fingerprint density at radius 1 is 1.33 bits per heavy atom. The van der Waals surface area contributed by atoms with Crippen molar-refractivity contribution in [2.75, 3.05) is 6.54 Å². The van der Waals surface area contributed by atoms with Gasteiger partial charge in [-0.15, -0.1) is 0 Å². The topological polar surface area (TPSA) is 106 Å². The lowest BCUT2D eigenvalue weighted by Gasteiger charge is -2.22. The second kappa shape index (κ2) is 6.03. The van der Waals surface area contributed by atoms with E-state index in [1.807, 2.05) is 0 Å². The minimum absolute atomic E-state index is 0.0602. The highest BCUT2D eigenvalue weighted by molar-refractivity contribution is 7.89. The quantitative estimate of drug-likeness (QED) is 0.907. The van der Waals surface area contributed by atoms with Crippen molar-refractivity contribution < 1.29 is 17.7 Å². The zero-order valence-corrected chi connectivity index (χ0v) is 14.3. The highest BCUT2D eigenvalue weighted by Gasteiger charge is 2.38. The normalized spacial score (nSPS) is 18.8. The molecule has 1 atom stereocenters. The monoisotopic (exact) mass is 349 g/mol. The van der Waals surface area contributed by atoms with Crippen LogP contribution in [0, 0.1) is 13.8 Å². The van der Waals surface area contributed by atoms with Gasteiger partial charge in [0.1, 0.15) is 0 Å². The van der Waals surface area contributed by atoms with Crippen LogP contribution in [0.4, 0.5) is 0 Å². The summed E-state index contributed by atoms with van der Waals surface area (Å²) in [7, 11) is -3.76. The summed E-state index contributed by atoms with van der Waals surface area (Å²) in [5.74, 6) is -0.107. The molecule has 7 nitrogen and oxygen atoms in total. The molecule has 2 N–H and O–H groups in total. The van der Waals surface area contributed by atoms with Crippen molar-refractivity contribution in [3.63, 3.8) is 0 Å². The predicted molar refractivity (Wildman–Crippen MR) is 86.8 cm³/mol. The summed E-state index contributed by atoms with van der Waals surface area (Å²) in [6.07, 6.45) is 1.40. The van der Waals surface area contributed by atoms with E-state index in [1.165, 1.54) is 16.4 Å². The van der Waals surface area contributed by atoms with E-state index in [0.29, 0.717) is 30.0 Å². The van der Waals surface area contributed by atoms with E-state index in [1.54, 1.807) is 26.0 Å². The highest BCUT2D eigenvalue weighted by atomic mass is 32.2. The molecule has 128 valence electrons. The van der Waals surface area contributed by atoms with Crippen molar-refractivity contribution in [2.45, 2.75) is 37.6 Å². The van der Waals surface area contributed by atoms with E-state index in [4.69, 9.17) is 10.3 Å². The summed E-state index contributed by atoms with van der Waals surface area (Å²) in [5, 5.41) is 3.84. The van der Waals surface area contributed by atoms with Gasteiger partial charge in [0.25, 0.3) is 0 Å². The molecule has 1 aliphatic rings. The van der Waals surface area contributed by atoms with Gasteiger partial charge < -0.3 is 10.3 Å². The second-order valence-electron chi connectivity index (χ2n) is 5.99. The third kappa shape index (κ3) is 2.83. The maximum atomic E-state index is 13.0. The molecule has 0 bridgehead atoms. The Kier molecular flexibility index (Phi) is 4.18. The summed E-state index contributed by atoms with van der Waals surface area (Å²) in [5.41, 5.74) is 6.89. The number of sulfonamides is 1. The maximum Gasteiger partial charge on any atom is 0.249 e. The van der Waals surface area contributed by atoms with Gasteiger partial charge in [0, 0.05) is 18.2 Å². The smallest absolute Gasteiger partial charge is 0.249 e. The molecule has 1 aromatic carbocycles. The van der Waals surface area contributed by atoms with Crippen molar-refractivity contribution in [3.8, 4) is 0 Å². The first kappa shape index (κ1) is 16.7. The van der Waals surface area contributed by atoms with Gasteiger partial charge in [-0.1, -0.05) is 11.2 Å². The zero-order chi connectivity index (χ0) is 17.5. The number of amides is 1. The molecular weight excluding hydrogens is 330 g/mol. The molecule has 1 fully saturated rings. The lowest BCUT2D eigenvalue weighted by molar-refractivity contribution is 0.0999. The summed E-state index contributed by atoms with van der Waals surface area (Å²) in [6.45, 7) is 3.90. The Bertz CT molecular complexity index is 888. The van der Waals surface area contributed by atoms with Crippen molar-refractivity contribution in [2.24, 2.45) is 5.73 Å². The largest absolute Gasteiger partial charge is 0.366 e. The molecule has 0 radical (unpaired) electrons. The Labute approximate surface area is 140 Å². The first-order valence-electron chi connectivity index (χ1n) is 7.66.